The van der Waals surface area contributed by atoms with Crippen LogP contribution in [0.4, 0.5) is 5.69 Å². The Morgan fingerprint density at radius 3 is 2.72 bits per heavy atom. The van der Waals surface area contributed by atoms with E-state index in [1.54, 1.807) is 31.2 Å². The molecule has 0 fully saturated rings. The maximum atomic E-state index is 12.0. The van der Waals surface area contributed by atoms with Gasteiger partial charge in [-0.3, -0.25) is 9.59 Å². The molecule has 0 saturated heterocycles. The van der Waals surface area contributed by atoms with E-state index in [1.807, 2.05) is 12.1 Å². The zero-order chi connectivity index (χ0) is 18.1. The third kappa shape index (κ3) is 5.91. The lowest BCUT2D eigenvalue weighted by Gasteiger charge is -2.07. The Morgan fingerprint density at radius 2 is 2.00 bits per heavy atom. The number of anilines is 1. The number of nitrogens with zero attached hydrogens (tertiary/aromatic N) is 1. The highest BCUT2D eigenvalue weighted by atomic mass is 16.3. The van der Waals surface area contributed by atoms with E-state index in [9.17, 15) is 9.59 Å². The molecule has 0 atom stereocenters. The van der Waals surface area contributed by atoms with Crippen LogP contribution < -0.4 is 10.7 Å². The highest BCUT2D eigenvalue weighted by molar-refractivity contribution is 6.04. The number of rotatable bonds is 8. The molecule has 0 unspecified atom stereocenters. The molecule has 132 valence electrons. The lowest BCUT2D eigenvalue weighted by molar-refractivity contribution is -0.121. The number of nitrogens with one attached hydrogen (secondary N) is 2. The molecule has 0 radical (unpaired) electrons. The van der Waals surface area contributed by atoms with Gasteiger partial charge in [0.15, 0.2) is 5.76 Å². The molecule has 0 aliphatic carbocycles. The van der Waals surface area contributed by atoms with E-state index >= 15 is 0 Å². The lowest BCUT2D eigenvalue weighted by atomic mass is 10.1. The molecular weight excluding hydrogens is 318 g/mol. The summed E-state index contributed by atoms with van der Waals surface area (Å²) < 4.78 is 5.07. The number of furan rings is 1. The third-order valence-electron chi connectivity index (χ3n) is 3.64. The van der Waals surface area contributed by atoms with Gasteiger partial charge in [-0.25, -0.2) is 5.43 Å². The fourth-order valence-electron chi connectivity index (χ4n) is 2.22. The Labute approximate surface area is 147 Å². The first-order valence-corrected chi connectivity index (χ1v) is 8.38. The largest absolute Gasteiger partial charge is 0.459 e. The van der Waals surface area contributed by atoms with Gasteiger partial charge in [0.05, 0.1) is 12.0 Å². The fourth-order valence-corrected chi connectivity index (χ4v) is 2.22. The van der Waals surface area contributed by atoms with Crippen molar-refractivity contribution in [1.29, 1.82) is 0 Å². The Bertz CT molecular complexity index is 736. The highest BCUT2D eigenvalue weighted by Crippen LogP contribution is 2.13. The molecule has 0 saturated carbocycles. The first-order chi connectivity index (χ1) is 12.1. The number of hydrogen-bond acceptors (Lipinski definition) is 4. The Balaban J connectivity index is 1.96. The van der Waals surface area contributed by atoms with E-state index < -0.39 is 0 Å². The Morgan fingerprint density at radius 1 is 1.16 bits per heavy atom. The first-order valence-electron chi connectivity index (χ1n) is 8.38. The van der Waals surface area contributed by atoms with Crippen molar-refractivity contribution < 1.29 is 14.0 Å². The predicted octanol–water partition coefficient (Wildman–Crippen LogP) is 3.95. The number of carbonyl (C=O) groups excluding carboxylic acids is 2. The van der Waals surface area contributed by atoms with Gasteiger partial charge >= 0.3 is 0 Å². The summed E-state index contributed by atoms with van der Waals surface area (Å²) in [6.45, 7) is 3.90. The summed E-state index contributed by atoms with van der Waals surface area (Å²) in [7, 11) is 0. The van der Waals surface area contributed by atoms with E-state index in [4.69, 9.17) is 4.42 Å². The van der Waals surface area contributed by atoms with Crippen LogP contribution >= 0.6 is 0 Å². The molecule has 2 rings (SSSR count). The second-order valence-electron chi connectivity index (χ2n) is 5.70. The Hall–Kier alpha value is -2.89. The van der Waals surface area contributed by atoms with Gasteiger partial charge in [-0.15, -0.1) is 0 Å². The maximum Gasteiger partial charge on any atom is 0.291 e. The van der Waals surface area contributed by atoms with Crippen LogP contribution in [0.2, 0.25) is 0 Å². The standard InChI is InChI=1S/C19H23N3O3/c1-3-4-5-11-18(23)22-21-14(2)15-8-6-9-16(13-15)20-19(24)17-10-7-12-25-17/h6-10,12-13H,3-5,11H2,1-2H3,(H,20,24)(H,22,23). The van der Waals surface area contributed by atoms with E-state index in [0.29, 0.717) is 17.8 Å². The number of hydrogen-bond donors (Lipinski definition) is 2. The second kappa shape index (κ2) is 9.42. The topological polar surface area (TPSA) is 83.7 Å². The number of unbranched alkanes of at least 4 members (excludes halogenated alkanes) is 2. The molecule has 0 spiro atoms. The van der Waals surface area contributed by atoms with Crippen LogP contribution in [-0.2, 0) is 4.79 Å². The van der Waals surface area contributed by atoms with Gasteiger partial charge in [0.2, 0.25) is 5.91 Å². The molecule has 0 aliphatic heterocycles. The van der Waals surface area contributed by atoms with Gasteiger partial charge < -0.3 is 9.73 Å². The van der Waals surface area contributed by atoms with Crippen molar-refractivity contribution in [2.24, 2.45) is 5.10 Å². The average molecular weight is 341 g/mol. The minimum absolute atomic E-state index is 0.0879. The van der Waals surface area contributed by atoms with Crippen molar-refractivity contribution in [1.82, 2.24) is 5.43 Å². The maximum absolute atomic E-state index is 12.0. The van der Waals surface area contributed by atoms with Crippen LogP contribution in [-0.4, -0.2) is 17.5 Å². The van der Waals surface area contributed by atoms with Gasteiger partial charge in [-0.1, -0.05) is 31.9 Å². The molecule has 0 aliphatic rings. The molecule has 1 aromatic carbocycles. The summed E-state index contributed by atoms with van der Waals surface area (Å²) >= 11 is 0. The highest BCUT2D eigenvalue weighted by Gasteiger charge is 2.09. The van der Waals surface area contributed by atoms with E-state index in [-0.39, 0.29) is 17.6 Å². The summed E-state index contributed by atoms with van der Waals surface area (Å²) in [4.78, 5) is 23.7. The molecule has 25 heavy (non-hydrogen) atoms. The number of amides is 2. The van der Waals surface area contributed by atoms with Crippen LogP contribution in [0.3, 0.4) is 0 Å². The number of carbonyl (C=O) groups is 2. The Kier molecular flexibility index (Phi) is 6.95. The molecule has 6 heteroatoms. The van der Waals surface area contributed by atoms with Gasteiger partial charge in [0.25, 0.3) is 5.91 Å². The zero-order valence-corrected chi connectivity index (χ0v) is 14.5. The summed E-state index contributed by atoms with van der Waals surface area (Å²) in [5.41, 5.74) is 4.67. The van der Waals surface area contributed by atoms with Gasteiger partial charge in [-0.05, 0) is 43.2 Å². The fraction of sp³-hybridized carbons (Fsp3) is 0.316. The molecule has 1 aromatic heterocycles. The summed E-state index contributed by atoms with van der Waals surface area (Å²) in [6, 6.07) is 10.5. The van der Waals surface area contributed by atoms with E-state index in [0.717, 1.165) is 24.8 Å². The van der Waals surface area contributed by atoms with Crippen molar-refractivity contribution in [3.63, 3.8) is 0 Å². The molecule has 2 aromatic rings. The smallest absolute Gasteiger partial charge is 0.291 e. The van der Waals surface area contributed by atoms with Crippen molar-refractivity contribution in [3.05, 3.63) is 54.0 Å². The van der Waals surface area contributed by atoms with Gasteiger partial charge in [-0.2, -0.15) is 5.10 Å². The lowest BCUT2D eigenvalue weighted by Crippen LogP contribution is -2.19. The molecular formula is C19H23N3O3. The van der Waals surface area contributed by atoms with Crippen LogP contribution in [0.1, 0.15) is 55.6 Å². The van der Waals surface area contributed by atoms with Crippen molar-refractivity contribution in [3.8, 4) is 0 Å². The minimum Gasteiger partial charge on any atom is -0.459 e. The number of hydrazone groups is 1. The second-order valence-corrected chi connectivity index (χ2v) is 5.70. The van der Waals surface area contributed by atoms with Crippen molar-refractivity contribution >= 4 is 23.2 Å². The zero-order valence-electron chi connectivity index (χ0n) is 14.5. The SMILES string of the molecule is CCCCCC(=O)NN=C(C)c1cccc(NC(=O)c2ccco2)c1. The van der Waals surface area contributed by atoms with Gasteiger partial charge in [0, 0.05) is 12.1 Å². The average Bonchev–Trinajstić information content (AvgIpc) is 3.15. The van der Waals surface area contributed by atoms with E-state index in [2.05, 4.69) is 22.8 Å². The predicted molar refractivity (Wildman–Crippen MR) is 97.6 cm³/mol. The number of benzene rings is 1. The van der Waals surface area contributed by atoms with Crippen LogP contribution in [0, 0.1) is 0 Å². The van der Waals surface area contributed by atoms with Crippen LogP contribution in [0.5, 0.6) is 0 Å². The van der Waals surface area contributed by atoms with Crippen LogP contribution in [0.25, 0.3) is 0 Å². The van der Waals surface area contributed by atoms with Crippen molar-refractivity contribution in [2.75, 3.05) is 5.32 Å². The summed E-state index contributed by atoms with van der Waals surface area (Å²) in [5, 5.41) is 6.89. The molecule has 2 amide bonds. The van der Waals surface area contributed by atoms with Crippen LogP contribution in [0.15, 0.2) is 52.2 Å². The molecule has 0 bridgehead atoms. The monoisotopic (exact) mass is 341 g/mol. The minimum atomic E-state index is -0.319. The summed E-state index contributed by atoms with van der Waals surface area (Å²) in [6.07, 6.45) is 4.90. The van der Waals surface area contributed by atoms with E-state index in [1.165, 1.54) is 6.26 Å². The quantitative estimate of drug-likeness (QED) is 0.433. The first kappa shape index (κ1) is 18.4. The molecule has 2 N–H and O–H groups in total. The third-order valence-corrected chi connectivity index (χ3v) is 3.64. The normalized spacial score (nSPS) is 11.2. The van der Waals surface area contributed by atoms with Crippen molar-refractivity contribution in [2.45, 2.75) is 39.5 Å². The molecule has 6 nitrogen and oxygen atoms in total. The molecule has 1 heterocycles. The van der Waals surface area contributed by atoms with Gasteiger partial charge in [0.1, 0.15) is 0 Å². The summed E-state index contributed by atoms with van der Waals surface area (Å²) in [5.74, 6) is -0.161.